The highest BCUT2D eigenvalue weighted by atomic mass is 16.3. The molecule has 3 aromatic rings. The molecule has 6 nitrogen and oxygen atoms in total. The Balaban J connectivity index is 1.53. The molecule has 2 aromatic carbocycles. The van der Waals surface area contributed by atoms with Gasteiger partial charge in [0.05, 0.1) is 12.3 Å². The summed E-state index contributed by atoms with van der Waals surface area (Å²) in [7, 11) is 1.84. The molecule has 0 fully saturated rings. The van der Waals surface area contributed by atoms with Crippen LogP contribution in [0, 0.1) is 0 Å². The van der Waals surface area contributed by atoms with E-state index in [-0.39, 0.29) is 5.91 Å². The van der Waals surface area contributed by atoms with Crippen molar-refractivity contribution in [1.82, 2.24) is 14.7 Å². The zero-order valence-corrected chi connectivity index (χ0v) is 18.2. The van der Waals surface area contributed by atoms with Gasteiger partial charge in [-0.1, -0.05) is 42.5 Å². The average molecular weight is 419 g/mol. The maximum atomic E-state index is 12.0. The van der Waals surface area contributed by atoms with Crippen LogP contribution in [-0.4, -0.2) is 39.3 Å². The third-order valence-corrected chi connectivity index (χ3v) is 5.94. The predicted octanol–water partition coefficient (Wildman–Crippen LogP) is 3.55. The second-order valence-electron chi connectivity index (χ2n) is 8.22. The molecular weight excluding hydrogens is 388 g/mol. The second kappa shape index (κ2) is 9.45. The van der Waals surface area contributed by atoms with Crippen molar-refractivity contribution in [2.24, 2.45) is 0 Å². The zero-order valence-electron chi connectivity index (χ0n) is 18.2. The van der Waals surface area contributed by atoms with Gasteiger partial charge in [-0.05, 0) is 36.1 Å². The Hall–Kier alpha value is -2.96. The number of nitrogens with zero attached hydrogens (tertiary/aromatic N) is 4. The van der Waals surface area contributed by atoms with Gasteiger partial charge in [0.15, 0.2) is 0 Å². The molecule has 1 aliphatic heterocycles. The van der Waals surface area contributed by atoms with E-state index in [2.05, 4.69) is 34.3 Å². The molecular formula is C25H30N4O2. The summed E-state index contributed by atoms with van der Waals surface area (Å²) >= 11 is 0. The molecule has 4 rings (SSSR count). The summed E-state index contributed by atoms with van der Waals surface area (Å²) in [6.07, 6.45) is 4.40. The summed E-state index contributed by atoms with van der Waals surface area (Å²) in [6, 6.07) is 16.7. The molecule has 1 aliphatic rings. The molecule has 1 aromatic heterocycles. The predicted molar refractivity (Wildman–Crippen MR) is 122 cm³/mol. The van der Waals surface area contributed by atoms with E-state index in [0.29, 0.717) is 13.0 Å². The summed E-state index contributed by atoms with van der Waals surface area (Å²) in [6.45, 7) is 4.80. The van der Waals surface area contributed by atoms with Gasteiger partial charge in [0.25, 0.3) is 0 Å². The second-order valence-corrected chi connectivity index (χ2v) is 8.22. The van der Waals surface area contributed by atoms with Gasteiger partial charge in [-0.15, -0.1) is 0 Å². The number of anilines is 1. The Morgan fingerprint density at radius 2 is 1.87 bits per heavy atom. The number of hydrogen-bond donors (Lipinski definition) is 1. The fourth-order valence-electron chi connectivity index (χ4n) is 4.17. The molecule has 1 amide bonds. The van der Waals surface area contributed by atoms with Crippen molar-refractivity contribution < 1.29 is 9.90 Å². The van der Waals surface area contributed by atoms with Crippen molar-refractivity contribution in [3.8, 4) is 0 Å². The number of amides is 1. The van der Waals surface area contributed by atoms with E-state index in [9.17, 15) is 9.90 Å². The minimum Gasteiger partial charge on any atom is -0.387 e. The molecule has 31 heavy (non-hydrogen) atoms. The number of carbonyl (C=O) groups excluding carboxylic acids is 1. The Kier molecular flexibility index (Phi) is 6.49. The lowest BCUT2D eigenvalue weighted by Gasteiger charge is -2.28. The Morgan fingerprint density at radius 1 is 1.10 bits per heavy atom. The van der Waals surface area contributed by atoms with Gasteiger partial charge in [0.1, 0.15) is 0 Å². The molecule has 1 N–H and O–H groups in total. The lowest BCUT2D eigenvalue weighted by molar-refractivity contribution is -0.118. The first-order valence-electron chi connectivity index (χ1n) is 10.9. The highest BCUT2D eigenvalue weighted by Gasteiger charge is 2.22. The van der Waals surface area contributed by atoms with Gasteiger partial charge in [-0.3, -0.25) is 14.4 Å². The van der Waals surface area contributed by atoms with Crippen LogP contribution in [0.25, 0.3) is 0 Å². The Morgan fingerprint density at radius 3 is 2.61 bits per heavy atom. The number of hydrogen-bond acceptors (Lipinski definition) is 4. The summed E-state index contributed by atoms with van der Waals surface area (Å²) in [5.41, 5.74) is 5.45. The maximum Gasteiger partial charge on any atom is 0.227 e. The SMILES string of the molecule is CCn1cc(C(O)CN(Cc2ccccc2)Cc2ccc3c(c2)CCC(=O)N3C)cn1. The lowest BCUT2D eigenvalue weighted by Crippen LogP contribution is -2.31. The maximum absolute atomic E-state index is 12.0. The topological polar surface area (TPSA) is 61.6 Å². The number of aliphatic hydroxyl groups excluding tert-OH is 1. The molecule has 0 saturated carbocycles. The molecule has 0 aliphatic carbocycles. The summed E-state index contributed by atoms with van der Waals surface area (Å²) < 4.78 is 1.83. The minimum absolute atomic E-state index is 0.168. The van der Waals surface area contributed by atoms with E-state index in [1.54, 1.807) is 11.1 Å². The normalized spacial score (nSPS) is 14.7. The number of fused-ring (bicyclic) bond motifs is 1. The van der Waals surface area contributed by atoms with Gasteiger partial charge in [-0.25, -0.2) is 0 Å². The van der Waals surface area contributed by atoms with Crippen LogP contribution in [0.2, 0.25) is 0 Å². The number of rotatable bonds is 8. The van der Waals surface area contributed by atoms with E-state index in [4.69, 9.17) is 0 Å². The van der Waals surface area contributed by atoms with Crippen LogP contribution in [0.1, 0.15) is 41.7 Å². The van der Waals surface area contributed by atoms with Crippen molar-refractivity contribution in [3.05, 3.63) is 83.2 Å². The zero-order chi connectivity index (χ0) is 21.8. The molecule has 0 saturated heterocycles. The highest BCUT2D eigenvalue weighted by molar-refractivity contribution is 5.95. The molecule has 0 radical (unpaired) electrons. The molecule has 2 heterocycles. The standard InChI is InChI=1S/C25H30N4O2/c1-3-29-17-22(14-26-29)24(30)18-28(15-19-7-5-4-6-8-19)16-20-9-11-23-21(13-20)10-12-25(31)27(23)2/h4-9,11,13-14,17,24,30H,3,10,12,15-16,18H2,1-2H3. The van der Waals surface area contributed by atoms with Crippen LogP contribution in [0.15, 0.2) is 60.9 Å². The van der Waals surface area contributed by atoms with Gasteiger partial charge >= 0.3 is 0 Å². The quantitative estimate of drug-likeness (QED) is 0.608. The number of aromatic nitrogens is 2. The Labute approximate surface area is 183 Å². The van der Waals surface area contributed by atoms with Gasteiger partial charge in [0.2, 0.25) is 5.91 Å². The van der Waals surface area contributed by atoms with Crippen molar-refractivity contribution >= 4 is 11.6 Å². The van der Waals surface area contributed by atoms with E-state index in [1.807, 2.05) is 49.1 Å². The van der Waals surface area contributed by atoms with Crippen molar-refractivity contribution in [1.29, 1.82) is 0 Å². The van der Waals surface area contributed by atoms with Crippen molar-refractivity contribution in [2.75, 3.05) is 18.5 Å². The van der Waals surface area contributed by atoms with Gasteiger partial charge in [0, 0.05) is 57.1 Å². The fourth-order valence-corrected chi connectivity index (χ4v) is 4.17. The van der Waals surface area contributed by atoms with Crippen LogP contribution in [0.5, 0.6) is 0 Å². The van der Waals surface area contributed by atoms with Crippen LogP contribution in [0.4, 0.5) is 5.69 Å². The first-order valence-corrected chi connectivity index (χ1v) is 10.9. The van der Waals surface area contributed by atoms with E-state index >= 15 is 0 Å². The summed E-state index contributed by atoms with van der Waals surface area (Å²) in [4.78, 5) is 16.0. The average Bonchev–Trinajstić information content (AvgIpc) is 3.27. The van der Waals surface area contributed by atoms with Gasteiger partial charge in [-0.2, -0.15) is 5.10 Å². The molecule has 0 bridgehead atoms. The van der Waals surface area contributed by atoms with E-state index in [0.717, 1.165) is 37.3 Å². The number of benzene rings is 2. The van der Waals surface area contributed by atoms with Crippen LogP contribution in [-0.2, 0) is 30.8 Å². The van der Waals surface area contributed by atoms with Crippen molar-refractivity contribution in [3.63, 3.8) is 0 Å². The third kappa shape index (κ3) is 5.03. The fraction of sp³-hybridized carbons (Fsp3) is 0.360. The first-order chi connectivity index (χ1) is 15.0. The van der Waals surface area contributed by atoms with Gasteiger partial charge < -0.3 is 10.0 Å². The molecule has 162 valence electrons. The highest BCUT2D eigenvalue weighted by Crippen LogP contribution is 2.28. The van der Waals surface area contributed by atoms with Crippen LogP contribution in [0.3, 0.4) is 0 Å². The molecule has 1 atom stereocenters. The van der Waals surface area contributed by atoms with Crippen LogP contribution >= 0.6 is 0 Å². The summed E-state index contributed by atoms with van der Waals surface area (Å²) in [5, 5.41) is 15.2. The number of aryl methyl sites for hydroxylation is 2. The molecule has 6 heteroatoms. The number of carbonyl (C=O) groups is 1. The van der Waals surface area contributed by atoms with E-state index < -0.39 is 6.10 Å². The first kappa shape index (κ1) is 21.3. The van der Waals surface area contributed by atoms with Crippen LogP contribution < -0.4 is 4.90 Å². The third-order valence-electron chi connectivity index (χ3n) is 5.94. The number of aliphatic hydroxyl groups is 1. The smallest absolute Gasteiger partial charge is 0.227 e. The lowest BCUT2D eigenvalue weighted by atomic mass is 9.99. The van der Waals surface area contributed by atoms with E-state index in [1.165, 1.54) is 16.7 Å². The summed E-state index contributed by atoms with van der Waals surface area (Å²) in [5.74, 6) is 0.168. The van der Waals surface area contributed by atoms with Crippen molar-refractivity contribution in [2.45, 2.75) is 45.5 Å². The molecule has 1 unspecified atom stereocenters. The Bertz CT molecular complexity index is 1030. The largest absolute Gasteiger partial charge is 0.387 e. The minimum atomic E-state index is -0.606. The monoisotopic (exact) mass is 418 g/mol. The molecule has 0 spiro atoms.